The summed E-state index contributed by atoms with van der Waals surface area (Å²) in [5, 5.41) is 2.88. The lowest BCUT2D eigenvalue weighted by Gasteiger charge is -2.16. The molecule has 5 nitrogen and oxygen atoms in total. The Morgan fingerprint density at radius 1 is 1.17 bits per heavy atom. The zero-order chi connectivity index (χ0) is 16.8. The lowest BCUT2D eigenvalue weighted by atomic mass is 10.1. The Labute approximate surface area is 141 Å². The average molecular weight is 323 g/mol. The standard InChI is InChI=1S/C19H21N3O2/c23-18-12-16(19(24)21-13-17-8-4-5-10-20-17)14-22(18)11-9-15-6-2-1-3-7-15/h1-8,10,16H,9,11-14H2,(H,21,24). The third-order valence-corrected chi connectivity index (χ3v) is 4.27. The molecule has 24 heavy (non-hydrogen) atoms. The molecule has 0 saturated carbocycles. The highest BCUT2D eigenvalue weighted by Crippen LogP contribution is 2.18. The van der Waals surface area contributed by atoms with Crippen LogP contribution in [-0.2, 0) is 22.6 Å². The van der Waals surface area contributed by atoms with Gasteiger partial charge in [0.05, 0.1) is 18.2 Å². The molecule has 0 spiro atoms. The number of rotatable bonds is 6. The second-order valence-electron chi connectivity index (χ2n) is 6.02. The summed E-state index contributed by atoms with van der Waals surface area (Å²) in [6, 6.07) is 15.7. The topological polar surface area (TPSA) is 62.3 Å². The van der Waals surface area contributed by atoms with Gasteiger partial charge in [-0.05, 0) is 24.1 Å². The molecule has 2 heterocycles. The average Bonchev–Trinajstić information content (AvgIpc) is 3.00. The van der Waals surface area contributed by atoms with Crippen molar-refractivity contribution in [1.82, 2.24) is 15.2 Å². The van der Waals surface area contributed by atoms with Gasteiger partial charge in [0.25, 0.3) is 0 Å². The third-order valence-electron chi connectivity index (χ3n) is 4.27. The number of amides is 2. The zero-order valence-electron chi connectivity index (χ0n) is 13.5. The molecular formula is C19H21N3O2. The molecule has 1 fully saturated rings. The van der Waals surface area contributed by atoms with Crippen LogP contribution >= 0.6 is 0 Å². The highest BCUT2D eigenvalue weighted by atomic mass is 16.2. The Balaban J connectivity index is 1.48. The lowest BCUT2D eigenvalue weighted by Crippen LogP contribution is -2.33. The highest BCUT2D eigenvalue weighted by molar-refractivity contribution is 5.89. The molecule has 1 aromatic carbocycles. The van der Waals surface area contributed by atoms with Gasteiger partial charge in [0, 0.05) is 25.7 Å². The first-order chi connectivity index (χ1) is 11.7. The smallest absolute Gasteiger partial charge is 0.225 e. The van der Waals surface area contributed by atoms with E-state index < -0.39 is 0 Å². The molecule has 2 aromatic rings. The van der Waals surface area contributed by atoms with Crippen molar-refractivity contribution in [2.45, 2.75) is 19.4 Å². The van der Waals surface area contributed by atoms with Gasteiger partial charge in [0.1, 0.15) is 0 Å². The van der Waals surface area contributed by atoms with E-state index in [1.807, 2.05) is 36.4 Å². The van der Waals surface area contributed by atoms with E-state index in [2.05, 4.69) is 22.4 Å². The van der Waals surface area contributed by atoms with E-state index in [4.69, 9.17) is 0 Å². The van der Waals surface area contributed by atoms with Gasteiger partial charge in [-0.3, -0.25) is 14.6 Å². The van der Waals surface area contributed by atoms with Crippen molar-refractivity contribution in [2.75, 3.05) is 13.1 Å². The summed E-state index contributed by atoms with van der Waals surface area (Å²) in [4.78, 5) is 30.4. The Morgan fingerprint density at radius 3 is 2.71 bits per heavy atom. The molecule has 1 atom stereocenters. The van der Waals surface area contributed by atoms with Crippen molar-refractivity contribution in [1.29, 1.82) is 0 Å². The van der Waals surface area contributed by atoms with Crippen molar-refractivity contribution in [3.63, 3.8) is 0 Å². The number of aromatic nitrogens is 1. The number of carbonyl (C=O) groups is 2. The minimum Gasteiger partial charge on any atom is -0.350 e. The van der Waals surface area contributed by atoms with Crippen molar-refractivity contribution in [3.05, 3.63) is 66.0 Å². The molecule has 2 amide bonds. The van der Waals surface area contributed by atoms with E-state index in [0.717, 1.165) is 12.1 Å². The minimum absolute atomic E-state index is 0.0592. The van der Waals surface area contributed by atoms with Crippen LogP contribution in [0.3, 0.4) is 0 Å². The van der Waals surface area contributed by atoms with Crippen LogP contribution in [0.1, 0.15) is 17.7 Å². The summed E-state index contributed by atoms with van der Waals surface area (Å²) in [6.45, 7) is 1.56. The summed E-state index contributed by atoms with van der Waals surface area (Å²) in [6.07, 6.45) is 2.81. The Bertz CT molecular complexity index is 688. The van der Waals surface area contributed by atoms with Gasteiger partial charge in [-0.15, -0.1) is 0 Å². The highest BCUT2D eigenvalue weighted by Gasteiger charge is 2.33. The van der Waals surface area contributed by atoms with Gasteiger partial charge in [-0.1, -0.05) is 36.4 Å². The number of pyridine rings is 1. The number of likely N-dealkylation sites (tertiary alicyclic amines) is 1. The predicted octanol–water partition coefficient (Wildman–Crippen LogP) is 1.79. The van der Waals surface area contributed by atoms with Gasteiger partial charge in [-0.25, -0.2) is 0 Å². The summed E-state index contributed by atoms with van der Waals surface area (Å²) >= 11 is 0. The molecular weight excluding hydrogens is 302 g/mol. The summed E-state index contributed by atoms with van der Waals surface area (Å²) in [7, 11) is 0. The van der Waals surface area contributed by atoms with Gasteiger partial charge < -0.3 is 10.2 Å². The Hall–Kier alpha value is -2.69. The first-order valence-electron chi connectivity index (χ1n) is 8.21. The second-order valence-corrected chi connectivity index (χ2v) is 6.02. The van der Waals surface area contributed by atoms with Crippen LogP contribution in [0.15, 0.2) is 54.7 Å². The maximum absolute atomic E-state index is 12.3. The molecule has 124 valence electrons. The molecule has 5 heteroatoms. The van der Waals surface area contributed by atoms with Crippen molar-refractivity contribution < 1.29 is 9.59 Å². The van der Waals surface area contributed by atoms with Crippen LogP contribution in [0.5, 0.6) is 0 Å². The minimum atomic E-state index is -0.267. The van der Waals surface area contributed by atoms with Crippen LogP contribution < -0.4 is 5.32 Å². The van der Waals surface area contributed by atoms with E-state index in [0.29, 0.717) is 26.1 Å². The molecule has 1 aromatic heterocycles. The van der Waals surface area contributed by atoms with Crippen LogP contribution in [0.25, 0.3) is 0 Å². The van der Waals surface area contributed by atoms with Gasteiger partial charge >= 0.3 is 0 Å². The molecule has 1 unspecified atom stereocenters. The van der Waals surface area contributed by atoms with E-state index in [9.17, 15) is 9.59 Å². The molecule has 1 aliphatic rings. The van der Waals surface area contributed by atoms with Crippen LogP contribution in [0, 0.1) is 5.92 Å². The fourth-order valence-corrected chi connectivity index (χ4v) is 2.90. The number of carbonyl (C=O) groups excluding carboxylic acids is 2. The van der Waals surface area contributed by atoms with E-state index in [1.165, 1.54) is 5.56 Å². The maximum atomic E-state index is 12.3. The Kier molecular flexibility index (Phi) is 5.21. The van der Waals surface area contributed by atoms with Crippen LogP contribution in [0.4, 0.5) is 0 Å². The summed E-state index contributed by atoms with van der Waals surface area (Å²) in [5.74, 6) is -0.280. The normalized spacial score (nSPS) is 17.1. The van der Waals surface area contributed by atoms with E-state index in [1.54, 1.807) is 11.1 Å². The molecule has 1 saturated heterocycles. The zero-order valence-corrected chi connectivity index (χ0v) is 13.5. The summed E-state index contributed by atoms with van der Waals surface area (Å²) < 4.78 is 0. The lowest BCUT2D eigenvalue weighted by molar-refractivity contribution is -0.129. The third kappa shape index (κ3) is 4.19. The number of hydrogen-bond donors (Lipinski definition) is 1. The monoisotopic (exact) mass is 323 g/mol. The van der Waals surface area contributed by atoms with Crippen LogP contribution in [-0.4, -0.2) is 34.8 Å². The van der Waals surface area contributed by atoms with Gasteiger partial charge in [-0.2, -0.15) is 0 Å². The molecule has 0 bridgehead atoms. The Morgan fingerprint density at radius 2 is 1.96 bits per heavy atom. The first-order valence-corrected chi connectivity index (χ1v) is 8.21. The van der Waals surface area contributed by atoms with Crippen molar-refractivity contribution in [3.8, 4) is 0 Å². The van der Waals surface area contributed by atoms with Crippen LogP contribution in [0.2, 0.25) is 0 Å². The van der Waals surface area contributed by atoms with Crippen molar-refractivity contribution >= 4 is 11.8 Å². The van der Waals surface area contributed by atoms with Gasteiger partial charge in [0.15, 0.2) is 0 Å². The fourth-order valence-electron chi connectivity index (χ4n) is 2.90. The molecule has 3 rings (SSSR count). The molecule has 0 aliphatic carbocycles. The number of nitrogens with zero attached hydrogens (tertiary/aromatic N) is 2. The number of benzene rings is 1. The number of hydrogen-bond acceptors (Lipinski definition) is 3. The maximum Gasteiger partial charge on any atom is 0.225 e. The molecule has 0 radical (unpaired) electrons. The van der Waals surface area contributed by atoms with Crippen molar-refractivity contribution in [2.24, 2.45) is 5.92 Å². The second kappa shape index (κ2) is 7.73. The quantitative estimate of drug-likeness (QED) is 0.881. The summed E-state index contributed by atoms with van der Waals surface area (Å²) in [5.41, 5.74) is 2.02. The van der Waals surface area contributed by atoms with Gasteiger partial charge in [0.2, 0.25) is 11.8 Å². The SMILES string of the molecule is O=C(NCc1ccccn1)C1CC(=O)N(CCc2ccccc2)C1. The van der Waals surface area contributed by atoms with E-state index >= 15 is 0 Å². The van der Waals surface area contributed by atoms with E-state index in [-0.39, 0.29) is 17.7 Å². The number of nitrogens with one attached hydrogen (secondary N) is 1. The molecule has 1 aliphatic heterocycles. The largest absolute Gasteiger partial charge is 0.350 e. The fraction of sp³-hybridized carbons (Fsp3) is 0.316. The predicted molar refractivity (Wildman–Crippen MR) is 90.9 cm³/mol. The molecule has 1 N–H and O–H groups in total. The first kappa shape index (κ1) is 16.2.